The summed E-state index contributed by atoms with van der Waals surface area (Å²) in [6.07, 6.45) is -7.44. The van der Waals surface area contributed by atoms with Crippen molar-refractivity contribution < 1.29 is 42.9 Å². The molecule has 0 bridgehead atoms. The van der Waals surface area contributed by atoms with E-state index in [9.17, 15) is 19.5 Å². The van der Waals surface area contributed by atoms with E-state index in [0.717, 1.165) is 7.11 Å². The van der Waals surface area contributed by atoms with Crippen LogP contribution < -0.4 is 0 Å². The summed E-state index contributed by atoms with van der Waals surface area (Å²) in [5.41, 5.74) is 0.416. The first-order valence-corrected chi connectivity index (χ1v) is 14.9. The van der Waals surface area contributed by atoms with Gasteiger partial charge in [-0.2, -0.15) is 0 Å². The van der Waals surface area contributed by atoms with Crippen molar-refractivity contribution in [3.05, 3.63) is 71.8 Å². The minimum atomic E-state index is -2.53. The molecule has 5 atom stereocenters. The molecule has 0 radical (unpaired) electrons. The van der Waals surface area contributed by atoms with Gasteiger partial charge in [-0.3, -0.25) is 0 Å². The summed E-state index contributed by atoms with van der Waals surface area (Å²) in [4.78, 5) is 38.7. The Balaban J connectivity index is 2.00. The van der Waals surface area contributed by atoms with Gasteiger partial charge in [0.2, 0.25) is 0 Å². The third kappa shape index (κ3) is 6.64. The Morgan fingerprint density at radius 3 is 1.73 bits per heavy atom. The summed E-state index contributed by atoms with van der Waals surface area (Å²) >= 11 is 0. The highest BCUT2D eigenvalue weighted by molar-refractivity contribution is 6.74. The van der Waals surface area contributed by atoms with Crippen molar-refractivity contribution in [3.63, 3.8) is 0 Å². The van der Waals surface area contributed by atoms with E-state index >= 15 is 0 Å². The van der Waals surface area contributed by atoms with Crippen molar-refractivity contribution in [2.75, 3.05) is 7.11 Å². The van der Waals surface area contributed by atoms with Crippen LogP contribution in [0, 0.1) is 0 Å². The Labute approximate surface area is 217 Å². The molecule has 2 aromatic rings. The van der Waals surface area contributed by atoms with Crippen molar-refractivity contribution in [1.29, 1.82) is 0 Å². The molecule has 0 spiro atoms. The molecule has 200 valence electrons. The van der Waals surface area contributed by atoms with Gasteiger partial charge in [-0.15, -0.1) is 0 Å². The zero-order valence-electron chi connectivity index (χ0n) is 21.9. The number of aliphatic hydroxyl groups excluding tert-OH is 1. The number of carbonyl (C=O) groups excluding carboxylic acids is 3. The Kier molecular flexibility index (Phi) is 8.91. The number of methoxy groups -OCH3 is 1. The molecule has 1 aliphatic rings. The summed E-state index contributed by atoms with van der Waals surface area (Å²) in [5, 5.41) is 11.1. The largest absolute Gasteiger partial charge is 0.467 e. The number of benzene rings is 2. The van der Waals surface area contributed by atoms with Crippen LogP contribution in [-0.4, -0.2) is 69.1 Å². The molecule has 9 nitrogen and oxygen atoms in total. The molecular weight excluding hydrogens is 496 g/mol. The van der Waals surface area contributed by atoms with Gasteiger partial charge in [0.05, 0.1) is 18.2 Å². The van der Waals surface area contributed by atoms with Crippen molar-refractivity contribution >= 4 is 26.2 Å². The third-order valence-electron chi connectivity index (χ3n) is 6.67. The molecule has 0 aliphatic carbocycles. The summed E-state index contributed by atoms with van der Waals surface area (Å²) in [6.45, 7) is 9.90. The van der Waals surface area contributed by atoms with Crippen molar-refractivity contribution in [3.8, 4) is 0 Å². The maximum atomic E-state index is 13.0. The van der Waals surface area contributed by atoms with E-state index in [1.54, 1.807) is 48.5 Å². The van der Waals surface area contributed by atoms with Crippen LogP contribution in [-0.2, 0) is 28.2 Å². The van der Waals surface area contributed by atoms with Crippen LogP contribution in [0.5, 0.6) is 0 Å². The number of rotatable bonds is 7. The van der Waals surface area contributed by atoms with Gasteiger partial charge in [0.15, 0.2) is 32.9 Å². The van der Waals surface area contributed by atoms with Gasteiger partial charge in [-0.05, 0) is 42.4 Å². The molecule has 1 fully saturated rings. The second-order valence-electron chi connectivity index (χ2n) is 10.3. The topological polar surface area (TPSA) is 118 Å². The molecule has 1 aliphatic heterocycles. The second-order valence-corrected chi connectivity index (χ2v) is 15.0. The van der Waals surface area contributed by atoms with E-state index in [2.05, 4.69) is 0 Å². The van der Waals surface area contributed by atoms with Crippen LogP contribution in [0.15, 0.2) is 60.7 Å². The van der Waals surface area contributed by atoms with E-state index in [4.69, 9.17) is 23.4 Å². The lowest BCUT2D eigenvalue weighted by molar-refractivity contribution is -0.274. The van der Waals surface area contributed by atoms with Gasteiger partial charge in [0.25, 0.3) is 0 Å². The lowest BCUT2D eigenvalue weighted by Gasteiger charge is -2.46. The maximum absolute atomic E-state index is 13.0. The summed E-state index contributed by atoms with van der Waals surface area (Å²) < 4.78 is 28.3. The summed E-state index contributed by atoms with van der Waals surface area (Å²) in [7, 11) is -1.38. The highest BCUT2D eigenvalue weighted by atomic mass is 28.4. The number of ether oxygens (including phenoxy) is 4. The molecule has 37 heavy (non-hydrogen) atoms. The molecule has 0 amide bonds. The quantitative estimate of drug-likeness (QED) is 0.325. The fourth-order valence-electron chi connectivity index (χ4n) is 3.49. The average molecular weight is 531 g/mol. The number of hydrogen-bond donors (Lipinski definition) is 1. The minimum absolute atomic E-state index is 0.202. The predicted molar refractivity (Wildman–Crippen MR) is 136 cm³/mol. The lowest BCUT2D eigenvalue weighted by atomic mass is 9.98. The smallest absolute Gasteiger partial charge is 0.339 e. The fourth-order valence-corrected chi connectivity index (χ4v) is 4.62. The van der Waals surface area contributed by atoms with Gasteiger partial charge in [0.1, 0.15) is 6.10 Å². The normalized spacial score (nSPS) is 24.1. The van der Waals surface area contributed by atoms with Crippen LogP contribution in [0.25, 0.3) is 0 Å². The Morgan fingerprint density at radius 2 is 1.30 bits per heavy atom. The molecule has 1 saturated heterocycles. The van der Waals surface area contributed by atoms with Gasteiger partial charge in [-0.1, -0.05) is 57.2 Å². The van der Waals surface area contributed by atoms with Crippen molar-refractivity contribution in [1.82, 2.24) is 0 Å². The van der Waals surface area contributed by atoms with E-state index in [1.807, 2.05) is 33.9 Å². The van der Waals surface area contributed by atoms with E-state index in [1.165, 1.54) is 12.1 Å². The third-order valence-corrected chi connectivity index (χ3v) is 11.1. The van der Waals surface area contributed by atoms with E-state index in [-0.39, 0.29) is 16.2 Å². The Hall–Kier alpha value is -3.05. The standard InChI is InChI=1S/C27H34O9Si/c1-27(2,3)37(5,6)36-26-19(28)20(33-23(29)17-13-9-7-10-14-17)21(22(35-26)25(31)32-4)34-24(30)18-15-11-8-12-16-18/h7-16,19-22,26,28H,1-6H3/t19-,20+,21?,22?,26+/m0/s1. The summed E-state index contributed by atoms with van der Waals surface area (Å²) in [5.74, 6) is -2.44. The van der Waals surface area contributed by atoms with Crippen LogP contribution in [0.4, 0.5) is 0 Å². The average Bonchev–Trinajstić information content (AvgIpc) is 2.87. The van der Waals surface area contributed by atoms with Crippen LogP contribution in [0.3, 0.4) is 0 Å². The molecule has 0 aromatic heterocycles. The van der Waals surface area contributed by atoms with Gasteiger partial charge < -0.3 is 28.5 Å². The zero-order valence-corrected chi connectivity index (χ0v) is 22.9. The van der Waals surface area contributed by atoms with Crippen molar-refractivity contribution in [2.24, 2.45) is 0 Å². The molecule has 2 unspecified atom stereocenters. The highest BCUT2D eigenvalue weighted by Gasteiger charge is 2.55. The summed E-state index contributed by atoms with van der Waals surface area (Å²) in [6, 6.07) is 16.2. The van der Waals surface area contributed by atoms with Gasteiger partial charge >= 0.3 is 17.9 Å². The fraction of sp³-hybridized carbons (Fsp3) is 0.444. The molecule has 10 heteroatoms. The first-order chi connectivity index (χ1) is 17.4. The molecule has 3 rings (SSSR count). The molecule has 1 N–H and O–H groups in total. The predicted octanol–water partition coefficient (Wildman–Crippen LogP) is 3.72. The SMILES string of the molecule is COC(=O)C1O[C@H](O[Si](C)(C)C(C)(C)C)[C@@H](O)[C@@H](OC(=O)c2ccccc2)C1OC(=O)c1ccccc1. The highest BCUT2D eigenvalue weighted by Crippen LogP contribution is 2.40. The van der Waals surface area contributed by atoms with E-state index < -0.39 is 56.9 Å². The van der Waals surface area contributed by atoms with Gasteiger partial charge in [-0.25, -0.2) is 14.4 Å². The molecule has 2 aromatic carbocycles. The Bertz CT molecular complexity index is 1080. The van der Waals surface area contributed by atoms with Crippen molar-refractivity contribution in [2.45, 2.75) is 69.6 Å². The first kappa shape index (κ1) is 28.5. The van der Waals surface area contributed by atoms with Crippen LogP contribution in [0.1, 0.15) is 41.5 Å². The molecule has 0 saturated carbocycles. The maximum Gasteiger partial charge on any atom is 0.339 e. The second kappa shape index (κ2) is 11.6. The lowest BCUT2D eigenvalue weighted by Crippen LogP contribution is -2.64. The number of esters is 3. The monoisotopic (exact) mass is 530 g/mol. The molecular formula is C27H34O9Si. The first-order valence-electron chi connectivity index (χ1n) is 12.0. The van der Waals surface area contributed by atoms with Crippen LogP contribution >= 0.6 is 0 Å². The van der Waals surface area contributed by atoms with Gasteiger partial charge in [0, 0.05) is 0 Å². The zero-order chi connectivity index (χ0) is 27.4. The molecule has 1 heterocycles. The Morgan fingerprint density at radius 1 is 0.838 bits per heavy atom. The number of hydrogen-bond acceptors (Lipinski definition) is 9. The number of aliphatic hydroxyl groups is 1. The van der Waals surface area contributed by atoms with Crippen LogP contribution in [0.2, 0.25) is 18.1 Å². The minimum Gasteiger partial charge on any atom is -0.467 e. The number of carbonyl (C=O) groups is 3. The van der Waals surface area contributed by atoms with E-state index in [0.29, 0.717) is 0 Å².